The van der Waals surface area contributed by atoms with Crippen LogP contribution < -0.4 is 14.9 Å². The molecular weight excluding hydrogens is 398 g/mol. The average molecular weight is 430 g/mol. The van der Waals surface area contributed by atoms with E-state index in [4.69, 9.17) is 0 Å². The Hall–Kier alpha value is -2.64. The molecule has 2 aromatic carbocycles. The number of unbranched alkanes of at least 4 members (excludes halogenated alkanes) is 1. The largest absolute Gasteiger partial charge is 0.372 e. The molecule has 0 saturated carbocycles. The molecule has 0 aliphatic heterocycles. The van der Waals surface area contributed by atoms with Gasteiger partial charge in [0.1, 0.15) is 0 Å². The van der Waals surface area contributed by atoms with Crippen molar-refractivity contribution in [3.63, 3.8) is 0 Å². The molecule has 0 bridgehead atoms. The maximum absolute atomic E-state index is 12.5. The first-order valence-corrected chi connectivity index (χ1v) is 11.9. The van der Waals surface area contributed by atoms with Crippen LogP contribution in [0.25, 0.3) is 0 Å². The Morgan fingerprint density at radius 1 is 1.07 bits per heavy atom. The van der Waals surface area contributed by atoms with Crippen LogP contribution in [0.3, 0.4) is 0 Å². The first kappa shape index (κ1) is 23.6. The summed E-state index contributed by atoms with van der Waals surface area (Å²) in [4.78, 5) is 14.8. The lowest BCUT2D eigenvalue weighted by atomic mass is 10.1. The highest BCUT2D eigenvalue weighted by molar-refractivity contribution is 7.88. The normalized spacial score (nSPS) is 11.1. The fourth-order valence-corrected chi connectivity index (χ4v) is 4.09. The summed E-state index contributed by atoms with van der Waals surface area (Å²) >= 11 is 0. The summed E-state index contributed by atoms with van der Waals surface area (Å²) in [6.07, 6.45) is 3.78. The molecule has 7 heteroatoms. The zero-order chi connectivity index (χ0) is 22.0. The monoisotopic (exact) mass is 429 g/mol. The molecule has 0 spiro atoms. The molecule has 2 aromatic rings. The van der Waals surface area contributed by atoms with E-state index in [1.165, 1.54) is 6.08 Å². The summed E-state index contributed by atoms with van der Waals surface area (Å²) in [5, 5.41) is 2.85. The highest BCUT2D eigenvalue weighted by Gasteiger charge is 2.11. The molecule has 0 saturated heterocycles. The minimum atomic E-state index is -3.41. The van der Waals surface area contributed by atoms with E-state index in [-0.39, 0.29) is 18.2 Å². The van der Waals surface area contributed by atoms with Gasteiger partial charge in [-0.1, -0.05) is 31.6 Å². The van der Waals surface area contributed by atoms with Crippen molar-refractivity contribution < 1.29 is 13.2 Å². The second-order valence-electron chi connectivity index (χ2n) is 7.03. The van der Waals surface area contributed by atoms with Gasteiger partial charge in [0.15, 0.2) is 0 Å². The van der Waals surface area contributed by atoms with Crippen LogP contribution in [0, 0.1) is 0 Å². The van der Waals surface area contributed by atoms with Crippen molar-refractivity contribution in [3.05, 3.63) is 72.3 Å². The maximum Gasteiger partial charge on any atom is 0.255 e. The van der Waals surface area contributed by atoms with E-state index in [2.05, 4.69) is 35.4 Å². The maximum atomic E-state index is 12.5. The second kappa shape index (κ2) is 11.5. The topological polar surface area (TPSA) is 78.5 Å². The molecule has 0 aliphatic rings. The summed E-state index contributed by atoms with van der Waals surface area (Å²) in [5.74, 6) is -0.325. The van der Waals surface area contributed by atoms with Crippen molar-refractivity contribution in [2.45, 2.75) is 32.4 Å². The first-order valence-electron chi connectivity index (χ1n) is 10.2. The third-order valence-electron chi connectivity index (χ3n) is 4.67. The fraction of sp³-hybridized carbons (Fsp3) is 0.348. The van der Waals surface area contributed by atoms with Gasteiger partial charge in [0.2, 0.25) is 10.0 Å². The molecule has 0 atom stereocenters. The zero-order valence-electron chi connectivity index (χ0n) is 17.7. The SMILES string of the molecule is C=CCNS(=O)(=O)Cc1ccc(NC(=O)c2ccc(N(CC)CCCC)cc2)cc1. The van der Waals surface area contributed by atoms with Gasteiger partial charge in [0.05, 0.1) is 5.75 Å². The van der Waals surface area contributed by atoms with Crippen LogP contribution in [-0.2, 0) is 15.8 Å². The predicted molar refractivity (Wildman–Crippen MR) is 124 cm³/mol. The number of hydrogen-bond acceptors (Lipinski definition) is 4. The van der Waals surface area contributed by atoms with Crippen LogP contribution in [0.1, 0.15) is 42.6 Å². The van der Waals surface area contributed by atoms with E-state index < -0.39 is 10.0 Å². The summed E-state index contributed by atoms with van der Waals surface area (Å²) in [6.45, 7) is 9.92. The van der Waals surface area contributed by atoms with Gasteiger partial charge in [-0.25, -0.2) is 13.1 Å². The predicted octanol–water partition coefficient (Wildman–Crippen LogP) is 4.17. The standard InChI is InChI=1S/C23H31N3O3S/c1-4-7-17-26(6-3)22-14-10-20(11-15-22)23(27)25-21-12-8-19(9-13-21)18-30(28,29)24-16-5-2/h5,8-15,24H,2,4,6-7,16-18H2,1,3H3,(H,25,27). The van der Waals surface area contributed by atoms with E-state index in [9.17, 15) is 13.2 Å². The molecule has 0 aliphatic carbocycles. The number of nitrogens with zero attached hydrogens (tertiary/aromatic N) is 1. The Bertz CT molecular complexity index is 923. The van der Waals surface area contributed by atoms with E-state index >= 15 is 0 Å². The van der Waals surface area contributed by atoms with Crippen LogP contribution >= 0.6 is 0 Å². The Kier molecular flexibility index (Phi) is 9.08. The van der Waals surface area contributed by atoms with Crippen molar-refractivity contribution in [3.8, 4) is 0 Å². The van der Waals surface area contributed by atoms with Crippen molar-refractivity contribution in [2.24, 2.45) is 0 Å². The highest BCUT2D eigenvalue weighted by Crippen LogP contribution is 2.18. The number of anilines is 2. The van der Waals surface area contributed by atoms with Gasteiger partial charge in [-0.15, -0.1) is 6.58 Å². The van der Waals surface area contributed by atoms with Gasteiger partial charge in [-0.2, -0.15) is 0 Å². The molecular formula is C23H31N3O3S. The second-order valence-corrected chi connectivity index (χ2v) is 8.83. The Morgan fingerprint density at radius 3 is 2.30 bits per heavy atom. The number of sulfonamides is 1. The number of benzene rings is 2. The van der Waals surface area contributed by atoms with Crippen LogP contribution in [0.4, 0.5) is 11.4 Å². The molecule has 0 fully saturated rings. The minimum absolute atomic E-state index is 0.123. The van der Waals surface area contributed by atoms with E-state index in [1.54, 1.807) is 24.3 Å². The average Bonchev–Trinajstić information content (AvgIpc) is 2.74. The Balaban J connectivity index is 1.98. The number of amides is 1. The van der Waals surface area contributed by atoms with Crippen molar-refractivity contribution in [2.75, 3.05) is 29.9 Å². The molecule has 2 rings (SSSR count). The van der Waals surface area contributed by atoms with E-state index in [1.807, 2.05) is 24.3 Å². The molecule has 30 heavy (non-hydrogen) atoms. The van der Waals surface area contributed by atoms with Crippen LogP contribution in [-0.4, -0.2) is 34.0 Å². The zero-order valence-corrected chi connectivity index (χ0v) is 18.5. The van der Waals surface area contributed by atoms with Crippen molar-refractivity contribution in [1.29, 1.82) is 0 Å². The molecule has 0 aromatic heterocycles. The van der Waals surface area contributed by atoms with Crippen LogP contribution in [0.2, 0.25) is 0 Å². The summed E-state index contributed by atoms with van der Waals surface area (Å²) in [5.41, 5.74) is 2.94. The van der Waals surface area contributed by atoms with Crippen molar-refractivity contribution in [1.82, 2.24) is 4.72 Å². The molecule has 6 nitrogen and oxygen atoms in total. The third kappa shape index (κ3) is 7.31. The van der Waals surface area contributed by atoms with Gasteiger partial charge in [0.25, 0.3) is 5.91 Å². The van der Waals surface area contributed by atoms with Crippen LogP contribution in [0.5, 0.6) is 0 Å². The molecule has 1 amide bonds. The lowest BCUT2D eigenvalue weighted by molar-refractivity contribution is 0.102. The molecule has 162 valence electrons. The van der Waals surface area contributed by atoms with Crippen LogP contribution in [0.15, 0.2) is 61.2 Å². The quantitative estimate of drug-likeness (QED) is 0.496. The van der Waals surface area contributed by atoms with Crippen molar-refractivity contribution >= 4 is 27.3 Å². The number of hydrogen-bond donors (Lipinski definition) is 2. The van der Waals surface area contributed by atoms with Gasteiger partial charge in [-0.3, -0.25) is 4.79 Å². The first-order chi connectivity index (χ1) is 14.4. The molecule has 0 unspecified atom stereocenters. The van der Waals surface area contributed by atoms with Gasteiger partial charge in [0, 0.05) is 36.6 Å². The van der Waals surface area contributed by atoms with Gasteiger partial charge < -0.3 is 10.2 Å². The smallest absolute Gasteiger partial charge is 0.255 e. The molecule has 0 radical (unpaired) electrons. The van der Waals surface area contributed by atoms with E-state index in [0.717, 1.165) is 31.6 Å². The molecule has 0 heterocycles. The number of carbonyl (C=O) groups is 1. The molecule has 2 N–H and O–H groups in total. The number of rotatable bonds is 12. The lowest BCUT2D eigenvalue weighted by Crippen LogP contribution is -2.25. The summed E-state index contributed by atoms with van der Waals surface area (Å²) < 4.78 is 26.3. The summed E-state index contributed by atoms with van der Waals surface area (Å²) in [7, 11) is -3.41. The lowest BCUT2D eigenvalue weighted by Gasteiger charge is -2.23. The third-order valence-corrected chi connectivity index (χ3v) is 5.99. The van der Waals surface area contributed by atoms with Gasteiger partial charge in [-0.05, 0) is 55.3 Å². The minimum Gasteiger partial charge on any atom is -0.372 e. The highest BCUT2D eigenvalue weighted by atomic mass is 32.2. The Morgan fingerprint density at radius 2 is 1.73 bits per heavy atom. The fourth-order valence-electron chi connectivity index (χ4n) is 2.99. The van der Waals surface area contributed by atoms with Gasteiger partial charge >= 0.3 is 0 Å². The number of nitrogens with one attached hydrogen (secondary N) is 2. The number of carbonyl (C=O) groups excluding carboxylic acids is 1. The Labute approximate surface area is 180 Å². The van der Waals surface area contributed by atoms with E-state index in [0.29, 0.717) is 16.8 Å². The summed E-state index contributed by atoms with van der Waals surface area (Å²) in [6, 6.07) is 14.4.